The summed E-state index contributed by atoms with van der Waals surface area (Å²) in [6, 6.07) is 0. The molecule has 35 heavy (non-hydrogen) atoms. The summed E-state index contributed by atoms with van der Waals surface area (Å²) in [6.07, 6.45) is -7.46. The lowest BCUT2D eigenvalue weighted by molar-refractivity contribution is -0.170. The maximum absolute atomic E-state index is 14.2. The van der Waals surface area contributed by atoms with E-state index in [-0.39, 0.29) is 12.8 Å². The highest BCUT2D eigenvalue weighted by Crippen LogP contribution is 2.63. The van der Waals surface area contributed by atoms with E-state index in [0.29, 0.717) is 6.42 Å². The molecule has 0 radical (unpaired) electrons. The zero-order chi connectivity index (χ0) is 26.2. The Bertz CT molecular complexity index is 1100. The van der Waals surface area contributed by atoms with Crippen LogP contribution in [0.3, 0.4) is 0 Å². The van der Waals surface area contributed by atoms with Crippen LogP contribution in [0.4, 0.5) is 30.7 Å². The van der Waals surface area contributed by atoms with Gasteiger partial charge in [-0.15, -0.1) is 0 Å². The Labute approximate surface area is 193 Å². The van der Waals surface area contributed by atoms with Crippen LogP contribution < -0.4 is 4.74 Å². The van der Waals surface area contributed by atoms with Crippen molar-refractivity contribution in [3.05, 3.63) is 28.8 Å². The molecule has 0 aromatic heterocycles. The lowest BCUT2D eigenvalue weighted by Crippen LogP contribution is -2.47. The fourth-order valence-electron chi connectivity index (χ4n) is 4.99. The second-order valence-corrected chi connectivity index (χ2v) is 9.60. The Kier molecular flexibility index (Phi) is 5.64. The molecule has 2 aliphatic carbocycles. The minimum absolute atomic E-state index is 0.136. The van der Waals surface area contributed by atoms with Crippen molar-refractivity contribution >= 4 is 17.9 Å². The second kappa shape index (κ2) is 7.82. The average molecular weight is 512 g/mol. The van der Waals surface area contributed by atoms with E-state index in [4.69, 9.17) is 9.47 Å². The second-order valence-electron chi connectivity index (χ2n) is 9.60. The molecule has 3 fully saturated rings. The first-order valence-electron chi connectivity index (χ1n) is 10.7. The maximum atomic E-state index is 14.2. The van der Waals surface area contributed by atoms with E-state index < -0.39 is 93.5 Å². The molecule has 5 unspecified atom stereocenters. The van der Waals surface area contributed by atoms with Gasteiger partial charge in [-0.25, -0.2) is 8.78 Å². The molecule has 13 heteroatoms. The SMILES string of the molecule is CCC(C)(C)C(=O)OC1C2CC3C1OC(=O)C3(C(=O)Oc1c(F)c(F)c(C(F)(F)F)c(F)c1F)C2. The molecule has 192 valence electrons. The molecule has 2 saturated carbocycles. The highest BCUT2D eigenvalue weighted by atomic mass is 19.4. The molecule has 5 atom stereocenters. The Hall–Kier alpha value is -2.86. The van der Waals surface area contributed by atoms with Crippen LogP contribution >= 0.6 is 0 Å². The fourth-order valence-corrected chi connectivity index (χ4v) is 4.99. The van der Waals surface area contributed by atoms with Crippen LogP contribution in [-0.4, -0.2) is 30.1 Å². The summed E-state index contributed by atoms with van der Waals surface area (Å²) in [5.74, 6) is -17.7. The van der Waals surface area contributed by atoms with Crippen molar-refractivity contribution in [1.82, 2.24) is 0 Å². The average Bonchev–Trinajstić information content (AvgIpc) is 3.37. The van der Waals surface area contributed by atoms with Gasteiger partial charge in [0.2, 0.25) is 17.4 Å². The number of hydrogen-bond donors (Lipinski definition) is 0. The van der Waals surface area contributed by atoms with Gasteiger partial charge in [-0.3, -0.25) is 14.4 Å². The van der Waals surface area contributed by atoms with Crippen molar-refractivity contribution in [2.45, 2.75) is 58.4 Å². The van der Waals surface area contributed by atoms with Crippen molar-refractivity contribution in [1.29, 1.82) is 0 Å². The first-order chi connectivity index (χ1) is 16.1. The number of esters is 3. The Morgan fingerprint density at radius 1 is 1.06 bits per heavy atom. The van der Waals surface area contributed by atoms with Crippen molar-refractivity contribution in [2.24, 2.45) is 22.7 Å². The number of ether oxygens (including phenoxy) is 3. The van der Waals surface area contributed by atoms with Gasteiger partial charge >= 0.3 is 24.1 Å². The van der Waals surface area contributed by atoms with Gasteiger partial charge in [0.1, 0.15) is 17.8 Å². The molecule has 1 saturated heterocycles. The summed E-state index contributed by atoms with van der Waals surface area (Å²) in [5.41, 5.74) is -5.79. The maximum Gasteiger partial charge on any atom is 0.422 e. The third kappa shape index (κ3) is 3.48. The van der Waals surface area contributed by atoms with E-state index in [1.807, 2.05) is 0 Å². The lowest BCUT2D eigenvalue weighted by atomic mass is 9.73. The number of rotatable bonds is 5. The zero-order valence-corrected chi connectivity index (χ0v) is 18.5. The van der Waals surface area contributed by atoms with Crippen LogP contribution in [0.25, 0.3) is 0 Å². The molecule has 1 aromatic rings. The molecule has 1 aliphatic heterocycles. The van der Waals surface area contributed by atoms with Gasteiger partial charge < -0.3 is 14.2 Å². The van der Waals surface area contributed by atoms with E-state index in [1.54, 1.807) is 20.8 Å². The standard InChI is InChI=1S/C22H19F7O6/c1-4-20(2,3)17(30)33-14-7-5-8-15(14)34-18(31)21(8,6-7)19(32)35-16-12(25)10(23)9(22(27,28)29)11(24)13(16)26/h7-8,14-15H,4-6H2,1-3H3. The summed E-state index contributed by atoms with van der Waals surface area (Å²) in [5, 5.41) is 0. The van der Waals surface area contributed by atoms with Crippen LogP contribution in [0.5, 0.6) is 5.75 Å². The topological polar surface area (TPSA) is 78.9 Å². The number of hydrogen-bond acceptors (Lipinski definition) is 6. The fraction of sp³-hybridized carbons (Fsp3) is 0.591. The van der Waals surface area contributed by atoms with Crippen LogP contribution in [-0.2, 0) is 30.0 Å². The van der Waals surface area contributed by atoms with Gasteiger partial charge in [0.15, 0.2) is 17.0 Å². The Morgan fingerprint density at radius 3 is 2.14 bits per heavy atom. The normalized spacial score (nSPS) is 29.4. The predicted molar refractivity (Wildman–Crippen MR) is 99.4 cm³/mol. The van der Waals surface area contributed by atoms with Gasteiger partial charge in [-0.2, -0.15) is 22.0 Å². The van der Waals surface area contributed by atoms with Gasteiger partial charge in [0.05, 0.1) is 5.41 Å². The smallest absolute Gasteiger partial charge is 0.422 e. The number of carbonyl (C=O) groups excluding carboxylic acids is 3. The molecule has 3 aliphatic rings. The van der Waals surface area contributed by atoms with E-state index in [9.17, 15) is 45.1 Å². The number of halogens is 7. The molecule has 0 spiro atoms. The highest BCUT2D eigenvalue weighted by Gasteiger charge is 2.75. The van der Waals surface area contributed by atoms with Crippen LogP contribution in [0.2, 0.25) is 0 Å². The zero-order valence-electron chi connectivity index (χ0n) is 18.5. The summed E-state index contributed by atoms with van der Waals surface area (Å²) in [7, 11) is 0. The van der Waals surface area contributed by atoms with Crippen LogP contribution in [0.15, 0.2) is 0 Å². The number of carbonyl (C=O) groups is 3. The van der Waals surface area contributed by atoms with Crippen molar-refractivity contribution < 1.29 is 59.3 Å². The molecule has 1 aromatic carbocycles. The number of fused-ring (bicyclic) bond motifs is 1. The minimum Gasteiger partial charge on any atom is -0.458 e. The molecule has 0 N–H and O–H groups in total. The van der Waals surface area contributed by atoms with Crippen LogP contribution in [0.1, 0.15) is 45.6 Å². The molecule has 1 heterocycles. The van der Waals surface area contributed by atoms with Crippen molar-refractivity contribution in [3.63, 3.8) is 0 Å². The van der Waals surface area contributed by atoms with Gasteiger partial charge in [0.25, 0.3) is 0 Å². The molecular formula is C22H19F7O6. The third-order valence-electron chi connectivity index (χ3n) is 7.31. The molecule has 4 rings (SSSR count). The first-order valence-corrected chi connectivity index (χ1v) is 10.7. The molecule has 0 amide bonds. The molecule has 2 bridgehead atoms. The molecular weight excluding hydrogens is 493 g/mol. The Balaban J connectivity index is 1.62. The van der Waals surface area contributed by atoms with Gasteiger partial charge in [-0.1, -0.05) is 6.92 Å². The monoisotopic (exact) mass is 512 g/mol. The number of benzene rings is 1. The lowest BCUT2D eigenvalue weighted by Gasteiger charge is -2.32. The van der Waals surface area contributed by atoms with E-state index in [1.165, 1.54) is 0 Å². The van der Waals surface area contributed by atoms with Crippen molar-refractivity contribution in [2.75, 3.05) is 0 Å². The third-order valence-corrected chi connectivity index (χ3v) is 7.31. The molecule has 6 nitrogen and oxygen atoms in total. The summed E-state index contributed by atoms with van der Waals surface area (Å²) < 4.78 is 110. The van der Waals surface area contributed by atoms with E-state index >= 15 is 0 Å². The van der Waals surface area contributed by atoms with E-state index in [2.05, 4.69) is 4.74 Å². The number of alkyl halides is 3. The summed E-state index contributed by atoms with van der Waals surface area (Å²) >= 11 is 0. The Morgan fingerprint density at radius 2 is 1.63 bits per heavy atom. The highest BCUT2D eigenvalue weighted by molar-refractivity contribution is 6.03. The quantitative estimate of drug-likeness (QED) is 0.191. The predicted octanol–water partition coefficient (Wildman–Crippen LogP) is 4.47. The summed E-state index contributed by atoms with van der Waals surface area (Å²) in [4.78, 5) is 38.1. The van der Waals surface area contributed by atoms with Gasteiger partial charge in [0, 0.05) is 11.8 Å². The first kappa shape index (κ1) is 25.2. The summed E-state index contributed by atoms with van der Waals surface area (Å²) in [6.45, 7) is 5.07. The van der Waals surface area contributed by atoms with Crippen molar-refractivity contribution in [3.8, 4) is 5.75 Å². The minimum atomic E-state index is -5.77. The van der Waals surface area contributed by atoms with Gasteiger partial charge in [-0.05, 0) is 33.1 Å². The van der Waals surface area contributed by atoms with E-state index in [0.717, 1.165) is 0 Å². The largest absolute Gasteiger partial charge is 0.458 e. The van der Waals surface area contributed by atoms with Crippen LogP contribution in [0, 0.1) is 45.9 Å².